The van der Waals surface area contributed by atoms with Gasteiger partial charge in [0.25, 0.3) is 0 Å². The Bertz CT molecular complexity index is 2190. The van der Waals surface area contributed by atoms with Gasteiger partial charge >= 0.3 is 5.97 Å². The number of carbonyl (C=O) groups excluding carboxylic acids is 1. The molecule has 0 amide bonds. The fourth-order valence-corrected chi connectivity index (χ4v) is 9.95. The molecule has 304 valence electrons. The number of likely N-dealkylation sites (tertiary alicyclic amines) is 1. The lowest BCUT2D eigenvalue weighted by molar-refractivity contribution is 0.0519. The molecular formula is C42H55N7O5S2Si. The van der Waals surface area contributed by atoms with E-state index in [1.807, 2.05) is 37.3 Å². The van der Waals surface area contributed by atoms with Crippen LogP contribution in [0.2, 0.25) is 25.7 Å². The molecule has 0 aliphatic carbocycles. The van der Waals surface area contributed by atoms with E-state index in [0.717, 1.165) is 86.9 Å². The number of rotatable bonds is 18. The summed E-state index contributed by atoms with van der Waals surface area (Å²) in [5.74, 6) is 2.59. The van der Waals surface area contributed by atoms with Crippen molar-refractivity contribution in [1.82, 2.24) is 24.6 Å². The molecule has 1 saturated heterocycles. The average molecular weight is 830 g/mol. The van der Waals surface area contributed by atoms with Crippen LogP contribution in [0.5, 0.6) is 11.5 Å². The normalized spacial score (nSPS) is 15.0. The van der Waals surface area contributed by atoms with Crippen LogP contribution in [0.4, 0.5) is 16.8 Å². The predicted octanol–water partition coefficient (Wildman–Crippen LogP) is 8.55. The van der Waals surface area contributed by atoms with Crippen molar-refractivity contribution in [3.05, 3.63) is 75.0 Å². The molecule has 12 nitrogen and oxygen atoms in total. The highest BCUT2D eigenvalue weighted by Gasteiger charge is 2.29. The number of esters is 1. The van der Waals surface area contributed by atoms with Crippen LogP contribution in [-0.2, 0) is 29.0 Å². The molecule has 1 fully saturated rings. The largest absolute Gasteiger partial charge is 0.494 e. The van der Waals surface area contributed by atoms with E-state index in [4.69, 9.17) is 34.0 Å². The van der Waals surface area contributed by atoms with Gasteiger partial charge in [-0.25, -0.2) is 9.78 Å². The minimum absolute atomic E-state index is 0.278. The number of aryl methyl sites for hydroxylation is 1. The summed E-state index contributed by atoms with van der Waals surface area (Å²) in [6.07, 6.45) is 5.67. The molecule has 0 bridgehead atoms. The highest BCUT2D eigenvalue weighted by Crippen LogP contribution is 2.39. The van der Waals surface area contributed by atoms with Gasteiger partial charge < -0.3 is 23.8 Å². The second-order valence-corrected chi connectivity index (χ2v) is 23.4. The first-order valence-electron chi connectivity index (χ1n) is 20.3. The van der Waals surface area contributed by atoms with Crippen LogP contribution in [0, 0.1) is 6.92 Å². The summed E-state index contributed by atoms with van der Waals surface area (Å²) < 4.78 is 26.9. The molecule has 2 aromatic carbocycles. The van der Waals surface area contributed by atoms with Crippen molar-refractivity contribution in [2.75, 3.05) is 57.5 Å². The molecule has 0 spiro atoms. The van der Waals surface area contributed by atoms with Gasteiger partial charge in [-0.15, -0.1) is 21.5 Å². The summed E-state index contributed by atoms with van der Waals surface area (Å²) in [5, 5.41) is 10.2. The van der Waals surface area contributed by atoms with E-state index in [2.05, 4.69) is 64.2 Å². The first-order chi connectivity index (χ1) is 27.7. The maximum absolute atomic E-state index is 13.1. The lowest BCUT2D eigenvalue weighted by Gasteiger charge is -2.28. The standard InChI is InChI=1S/C42H55N7O5S2Si/c1-6-52-40(50)37-36(16-12-25-53-31-17-19-32(20-18-31)54-26-24-47-21-9-10-22-47)56-41(43-37)48-23-11-13-33-30(2)38(45-46-39(33)48)44-42-49(29-51-27-28-57(3,4)5)34-14-7-8-15-35(34)55-42/h7-8,14-15,17-20H,6,9-13,16,21-29H2,1-5H3/b44-42-. The lowest BCUT2D eigenvalue weighted by Crippen LogP contribution is -2.27. The molecule has 5 aromatic rings. The van der Waals surface area contributed by atoms with Gasteiger partial charge in [0, 0.05) is 43.8 Å². The number of benzene rings is 2. The molecule has 0 radical (unpaired) electrons. The first-order valence-corrected chi connectivity index (χ1v) is 25.6. The monoisotopic (exact) mass is 829 g/mol. The Balaban J connectivity index is 1.04. The zero-order valence-electron chi connectivity index (χ0n) is 33.9. The van der Waals surface area contributed by atoms with Gasteiger partial charge in [-0.05, 0) is 108 Å². The van der Waals surface area contributed by atoms with Gasteiger partial charge in [0.15, 0.2) is 27.3 Å². The molecular weight excluding hydrogens is 775 g/mol. The highest BCUT2D eigenvalue weighted by molar-refractivity contribution is 7.16. The van der Waals surface area contributed by atoms with Crippen LogP contribution in [0.3, 0.4) is 0 Å². The fraction of sp³-hybridized carbons (Fsp3) is 0.500. The van der Waals surface area contributed by atoms with E-state index in [0.29, 0.717) is 49.4 Å². The Kier molecular flexibility index (Phi) is 13.7. The van der Waals surface area contributed by atoms with E-state index in [1.165, 1.54) is 37.3 Å². The SMILES string of the molecule is CCOC(=O)c1nc(N2CCCc3c2nnc(/N=c2\sc4ccccc4n2COCC[Si](C)(C)C)c3C)sc1CCCOc1ccc(OCCN2CCCC2)cc1. The third-order valence-electron chi connectivity index (χ3n) is 10.3. The van der Waals surface area contributed by atoms with Gasteiger partial charge in [0.1, 0.15) is 24.8 Å². The second-order valence-electron chi connectivity index (χ2n) is 15.8. The Morgan fingerprint density at radius 2 is 1.67 bits per heavy atom. The number of nitrogens with zero attached hydrogens (tertiary/aromatic N) is 7. The van der Waals surface area contributed by atoms with Crippen molar-refractivity contribution in [3.63, 3.8) is 0 Å². The maximum Gasteiger partial charge on any atom is 0.358 e. The number of ether oxygens (including phenoxy) is 4. The predicted molar refractivity (Wildman–Crippen MR) is 231 cm³/mol. The maximum atomic E-state index is 13.1. The van der Waals surface area contributed by atoms with Gasteiger partial charge in [0.05, 0.1) is 23.4 Å². The molecule has 0 atom stereocenters. The average Bonchev–Trinajstić information content (AvgIpc) is 3.96. The molecule has 57 heavy (non-hydrogen) atoms. The molecule has 2 aliphatic rings. The van der Waals surface area contributed by atoms with E-state index in [1.54, 1.807) is 11.3 Å². The van der Waals surface area contributed by atoms with Crippen molar-refractivity contribution < 1.29 is 23.7 Å². The number of thiazole rings is 2. The summed E-state index contributed by atoms with van der Waals surface area (Å²) in [6.45, 7) is 17.6. The van der Waals surface area contributed by atoms with Crippen LogP contribution >= 0.6 is 22.7 Å². The molecule has 0 unspecified atom stereocenters. The van der Waals surface area contributed by atoms with Gasteiger partial charge in [-0.3, -0.25) is 9.47 Å². The summed E-state index contributed by atoms with van der Waals surface area (Å²) in [7, 11) is -1.21. The van der Waals surface area contributed by atoms with Crippen LogP contribution in [0.25, 0.3) is 10.2 Å². The molecule has 7 rings (SSSR count). The van der Waals surface area contributed by atoms with Crippen molar-refractivity contribution in [2.24, 2.45) is 4.99 Å². The molecule has 15 heteroatoms. The Hall–Kier alpha value is -4.15. The Labute approximate surface area is 344 Å². The third kappa shape index (κ3) is 10.5. The molecule has 0 saturated carbocycles. The van der Waals surface area contributed by atoms with E-state index < -0.39 is 14.0 Å². The number of para-hydroxylation sites is 1. The molecule has 3 aromatic heterocycles. The zero-order chi connectivity index (χ0) is 39.8. The van der Waals surface area contributed by atoms with Crippen molar-refractivity contribution in [1.29, 1.82) is 0 Å². The summed E-state index contributed by atoms with van der Waals surface area (Å²) in [5.41, 5.74) is 3.54. The van der Waals surface area contributed by atoms with Crippen LogP contribution in [-0.4, -0.2) is 91.3 Å². The van der Waals surface area contributed by atoms with E-state index >= 15 is 0 Å². The number of hydrogen-bond acceptors (Lipinski definition) is 13. The van der Waals surface area contributed by atoms with Crippen LogP contribution in [0.1, 0.15) is 59.1 Å². The van der Waals surface area contributed by atoms with Crippen molar-refractivity contribution in [2.45, 2.75) is 84.8 Å². The number of hydrogen-bond donors (Lipinski definition) is 0. The van der Waals surface area contributed by atoms with E-state index in [-0.39, 0.29) is 6.61 Å². The zero-order valence-corrected chi connectivity index (χ0v) is 36.6. The van der Waals surface area contributed by atoms with Gasteiger partial charge in [0.2, 0.25) is 0 Å². The van der Waals surface area contributed by atoms with Crippen LogP contribution in [0.15, 0.2) is 53.5 Å². The lowest BCUT2D eigenvalue weighted by atomic mass is 10.0. The Morgan fingerprint density at radius 3 is 2.42 bits per heavy atom. The number of carbonyl (C=O) groups is 1. The number of aromatic nitrogens is 4. The van der Waals surface area contributed by atoms with Crippen LogP contribution < -0.4 is 19.2 Å². The summed E-state index contributed by atoms with van der Waals surface area (Å²) in [6, 6.07) is 17.2. The quantitative estimate of drug-likeness (QED) is 0.0484. The molecule has 2 aliphatic heterocycles. The number of fused-ring (bicyclic) bond motifs is 2. The first kappa shape index (κ1) is 41.0. The van der Waals surface area contributed by atoms with Gasteiger partial charge in [-0.2, -0.15) is 4.99 Å². The molecule has 5 heterocycles. The summed E-state index contributed by atoms with van der Waals surface area (Å²) in [4.78, 5) is 29.3. The molecule has 0 N–H and O–H groups in total. The fourth-order valence-electron chi connectivity index (χ4n) is 7.05. The summed E-state index contributed by atoms with van der Waals surface area (Å²) >= 11 is 3.14. The van der Waals surface area contributed by atoms with E-state index in [9.17, 15) is 4.79 Å². The van der Waals surface area contributed by atoms with Gasteiger partial charge in [-0.1, -0.05) is 43.1 Å². The second kappa shape index (κ2) is 19.1. The highest BCUT2D eigenvalue weighted by atomic mass is 32.1. The third-order valence-corrected chi connectivity index (χ3v) is 14.2. The Morgan fingerprint density at radius 1 is 0.912 bits per heavy atom. The van der Waals surface area contributed by atoms with Crippen molar-refractivity contribution >= 4 is 63.7 Å². The minimum atomic E-state index is -1.21. The minimum Gasteiger partial charge on any atom is -0.494 e. The number of anilines is 2. The van der Waals surface area contributed by atoms with Crippen molar-refractivity contribution in [3.8, 4) is 11.5 Å². The smallest absolute Gasteiger partial charge is 0.358 e. The topological polar surface area (TPSA) is 116 Å².